The molecule has 7 nitrogen and oxygen atoms in total. The van der Waals surface area contributed by atoms with E-state index in [0.29, 0.717) is 17.0 Å². The maximum atomic E-state index is 11.7. The van der Waals surface area contributed by atoms with Crippen LogP contribution in [0, 0.1) is 6.92 Å². The van der Waals surface area contributed by atoms with Gasteiger partial charge in [0.05, 0.1) is 0 Å². The quantitative estimate of drug-likeness (QED) is 0.653. The second-order valence-electron chi connectivity index (χ2n) is 3.25. The molecule has 0 bridgehead atoms. The van der Waals surface area contributed by atoms with Crippen LogP contribution in [0.15, 0.2) is 9.00 Å². The highest BCUT2D eigenvalue weighted by molar-refractivity contribution is 7.91. The van der Waals surface area contributed by atoms with Crippen molar-refractivity contribution in [2.45, 2.75) is 17.6 Å². The Bertz CT molecular complexity index is 558. The molecule has 0 aliphatic carbocycles. The summed E-state index contributed by atoms with van der Waals surface area (Å²) in [5.41, 5.74) is 0.299. The van der Waals surface area contributed by atoms with Crippen LogP contribution in [0.4, 0.5) is 0 Å². The minimum Gasteiger partial charge on any atom is -0.359 e. The van der Waals surface area contributed by atoms with Crippen molar-refractivity contribution < 1.29 is 13.2 Å². The number of nitrogens with one attached hydrogen (secondary N) is 3. The molecule has 0 fully saturated rings. The predicted molar refractivity (Wildman–Crippen MR) is 63.5 cm³/mol. The van der Waals surface area contributed by atoms with Gasteiger partial charge in [0.1, 0.15) is 0 Å². The number of amides is 1. The van der Waals surface area contributed by atoms with Crippen molar-refractivity contribution >= 4 is 27.3 Å². The van der Waals surface area contributed by atoms with Crippen LogP contribution in [-0.4, -0.2) is 32.9 Å². The lowest BCUT2D eigenvalue weighted by Gasteiger charge is -2.04. The molecule has 0 atom stereocenters. The zero-order valence-electron chi connectivity index (χ0n) is 9.36. The van der Waals surface area contributed by atoms with Crippen molar-refractivity contribution in [2.75, 3.05) is 13.6 Å². The lowest BCUT2D eigenvalue weighted by molar-refractivity contribution is -0.120. The number of H-pyrrole nitrogens is 1. The average Bonchev–Trinajstić information content (AvgIpc) is 2.58. The molecular formula is C8H13N3O4S2. The Morgan fingerprint density at radius 2 is 2.12 bits per heavy atom. The van der Waals surface area contributed by atoms with Crippen molar-refractivity contribution in [3.05, 3.63) is 15.4 Å². The van der Waals surface area contributed by atoms with E-state index in [9.17, 15) is 18.0 Å². The normalized spacial score (nSPS) is 11.4. The number of thiazole rings is 1. The molecule has 1 aromatic heterocycles. The lowest BCUT2D eigenvalue weighted by atomic mass is 10.4. The molecular weight excluding hydrogens is 266 g/mol. The molecule has 0 aliphatic heterocycles. The molecule has 17 heavy (non-hydrogen) atoms. The number of carbonyl (C=O) groups excluding carboxylic acids is 1. The summed E-state index contributed by atoms with van der Waals surface area (Å²) in [5.74, 6) is -0.258. The van der Waals surface area contributed by atoms with Gasteiger partial charge < -0.3 is 10.3 Å². The highest BCUT2D eigenvalue weighted by Crippen LogP contribution is 2.14. The molecule has 1 amide bonds. The van der Waals surface area contributed by atoms with Gasteiger partial charge in [0.2, 0.25) is 5.91 Å². The van der Waals surface area contributed by atoms with Gasteiger partial charge >= 0.3 is 4.87 Å². The number of carbonyl (C=O) groups is 1. The van der Waals surface area contributed by atoms with Gasteiger partial charge in [0.25, 0.3) is 10.0 Å². The smallest absolute Gasteiger partial charge is 0.305 e. The zero-order valence-corrected chi connectivity index (χ0v) is 11.0. The maximum absolute atomic E-state index is 11.7. The third kappa shape index (κ3) is 3.65. The maximum Gasteiger partial charge on any atom is 0.305 e. The van der Waals surface area contributed by atoms with Crippen molar-refractivity contribution in [1.29, 1.82) is 0 Å². The summed E-state index contributed by atoms with van der Waals surface area (Å²) in [7, 11) is -2.25. The summed E-state index contributed by atoms with van der Waals surface area (Å²) in [4.78, 5) is 23.9. The van der Waals surface area contributed by atoms with Gasteiger partial charge in [-0.25, -0.2) is 13.1 Å². The highest BCUT2D eigenvalue weighted by atomic mass is 32.2. The SMILES string of the molecule is CNC(=O)CCNS(=O)(=O)c1sc(=O)[nH]c1C. The van der Waals surface area contributed by atoms with E-state index in [2.05, 4.69) is 15.0 Å². The van der Waals surface area contributed by atoms with Crippen molar-refractivity contribution in [1.82, 2.24) is 15.0 Å². The van der Waals surface area contributed by atoms with Gasteiger partial charge in [0.15, 0.2) is 4.21 Å². The van der Waals surface area contributed by atoms with Gasteiger partial charge in [-0.05, 0) is 6.92 Å². The van der Waals surface area contributed by atoms with Crippen LogP contribution in [0.5, 0.6) is 0 Å². The molecule has 1 heterocycles. The first-order chi connectivity index (χ1) is 7.86. The van der Waals surface area contributed by atoms with E-state index < -0.39 is 14.9 Å². The van der Waals surface area contributed by atoms with E-state index in [-0.39, 0.29) is 23.1 Å². The Morgan fingerprint density at radius 3 is 2.59 bits per heavy atom. The minimum absolute atomic E-state index is 0.00641. The Kier molecular flexibility index (Phi) is 4.43. The fourth-order valence-electron chi connectivity index (χ4n) is 1.14. The molecule has 96 valence electrons. The van der Waals surface area contributed by atoms with E-state index in [4.69, 9.17) is 0 Å². The van der Waals surface area contributed by atoms with Crippen LogP contribution in [0.3, 0.4) is 0 Å². The molecule has 0 aromatic carbocycles. The molecule has 9 heteroatoms. The largest absolute Gasteiger partial charge is 0.359 e. The summed E-state index contributed by atoms with van der Waals surface area (Å²) in [5, 5.41) is 2.38. The van der Waals surface area contributed by atoms with Gasteiger partial charge in [0, 0.05) is 25.7 Å². The number of sulfonamides is 1. The molecule has 0 spiro atoms. The lowest BCUT2D eigenvalue weighted by Crippen LogP contribution is -2.29. The van der Waals surface area contributed by atoms with Crippen molar-refractivity contribution in [3.8, 4) is 0 Å². The first-order valence-corrected chi connectivity index (χ1v) is 7.06. The molecule has 1 rings (SSSR count). The second-order valence-corrected chi connectivity index (χ2v) is 6.19. The van der Waals surface area contributed by atoms with Crippen LogP contribution in [0.1, 0.15) is 12.1 Å². The number of aromatic amines is 1. The Labute approximate surface area is 102 Å². The van der Waals surface area contributed by atoms with Gasteiger partial charge in [-0.3, -0.25) is 9.59 Å². The van der Waals surface area contributed by atoms with Crippen molar-refractivity contribution in [2.24, 2.45) is 0 Å². The summed E-state index contributed by atoms with van der Waals surface area (Å²) in [6.07, 6.45) is 0.0497. The van der Waals surface area contributed by atoms with Crippen LogP contribution in [0.2, 0.25) is 0 Å². The highest BCUT2D eigenvalue weighted by Gasteiger charge is 2.20. The van der Waals surface area contributed by atoms with Crippen LogP contribution in [-0.2, 0) is 14.8 Å². The van der Waals surface area contributed by atoms with Crippen LogP contribution < -0.4 is 14.9 Å². The predicted octanol–water partition coefficient (Wildman–Crippen LogP) is -0.841. The van der Waals surface area contributed by atoms with Gasteiger partial charge in [-0.15, -0.1) is 0 Å². The average molecular weight is 279 g/mol. The zero-order chi connectivity index (χ0) is 13.1. The number of hydrogen-bond acceptors (Lipinski definition) is 5. The summed E-state index contributed by atoms with van der Waals surface area (Å²) >= 11 is 0.624. The molecule has 0 saturated heterocycles. The first-order valence-electron chi connectivity index (χ1n) is 4.77. The molecule has 0 unspecified atom stereocenters. The van der Waals surface area contributed by atoms with Crippen LogP contribution >= 0.6 is 11.3 Å². The van der Waals surface area contributed by atoms with Gasteiger partial charge in [-0.1, -0.05) is 11.3 Å². The molecule has 0 saturated carbocycles. The topological polar surface area (TPSA) is 108 Å². The summed E-state index contributed by atoms with van der Waals surface area (Å²) < 4.78 is 25.7. The Balaban J connectivity index is 2.73. The van der Waals surface area contributed by atoms with Crippen molar-refractivity contribution in [3.63, 3.8) is 0 Å². The fraction of sp³-hybridized carbons (Fsp3) is 0.500. The molecule has 1 aromatic rings. The minimum atomic E-state index is -3.72. The second kappa shape index (κ2) is 5.43. The standard InChI is InChI=1S/C8H13N3O4S2/c1-5-7(16-8(13)11-5)17(14,15)10-4-3-6(12)9-2/h10H,3-4H2,1-2H3,(H,9,12)(H,11,13). The van der Waals surface area contributed by atoms with E-state index >= 15 is 0 Å². The molecule has 3 N–H and O–H groups in total. The Morgan fingerprint density at radius 1 is 1.47 bits per heavy atom. The number of hydrogen-bond donors (Lipinski definition) is 3. The third-order valence-electron chi connectivity index (χ3n) is 1.95. The third-order valence-corrected chi connectivity index (χ3v) is 5.01. The fourth-order valence-corrected chi connectivity index (χ4v) is 3.51. The number of aromatic nitrogens is 1. The number of rotatable bonds is 5. The summed E-state index contributed by atoms with van der Waals surface area (Å²) in [6.45, 7) is 1.50. The monoisotopic (exact) mass is 279 g/mol. The van der Waals surface area contributed by atoms with Crippen LogP contribution in [0.25, 0.3) is 0 Å². The first kappa shape index (κ1) is 13.9. The molecule has 0 aliphatic rings. The van der Waals surface area contributed by atoms with E-state index in [1.807, 2.05) is 0 Å². The molecule has 0 radical (unpaired) electrons. The van der Waals surface area contributed by atoms with E-state index in [0.717, 1.165) is 0 Å². The van der Waals surface area contributed by atoms with E-state index in [1.54, 1.807) is 0 Å². The van der Waals surface area contributed by atoms with Gasteiger partial charge in [-0.2, -0.15) is 0 Å². The number of aryl methyl sites for hydroxylation is 1. The summed E-state index contributed by atoms with van der Waals surface area (Å²) in [6, 6.07) is 0. The van der Waals surface area contributed by atoms with E-state index in [1.165, 1.54) is 14.0 Å². The Hall–Kier alpha value is -1.19.